The van der Waals surface area contributed by atoms with Crippen LogP contribution < -0.4 is 5.32 Å². The van der Waals surface area contributed by atoms with Gasteiger partial charge in [0.1, 0.15) is 22.7 Å². The van der Waals surface area contributed by atoms with Gasteiger partial charge in [0.2, 0.25) is 5.95 Å². The Balaban J connectivity index is 1.74. The van der Waals surface area contributed by atoms with Crippen molar-refractivity contribution in [3.63, 3.8) is 0 Å². The molecule has 1 atom stereocenters. The predicted molar refractivity (Wildman–Crippen MR) is 122 cm³/mol. The van der Waals surface area contributed by atoms with Gasteiger partial charge in [-0.2, -0.15) is 13.2 Å². The number of rotatable bonds is 5. The van der Waals surface area contributed by atoms with Gasteiger partial charge < -0.3 is 20.1 Å². The lowest BCUT2D eigenvalue weighted by Crippen LogP contribution is -2.42. The van der Waals surface area contributed by atoms with E-state index in [0.29, 0.717) is 43.0 Å². The molecular formula is C23H31F3N6O3. The van der Waals surface area contributed by atoms with E-state index >= 15 is 0 Å². The van der Waals surface area contributed by atoms with Crippen LogP contribution in [0.15, 0.2) is 18.5 Å². The molecule has 2 aromatic heterocycles. The fraction of sp³-hybridized carbons (Fsp3) is 0.609. The number of alkyl halides is 3. The number of nitrogens with one attached hydrogen (secondary N) is 1. The van der Waals surface area contributed by atoms with Gasteiger partial charge in [0, 0.05) is 37.0 Å². The second-order valence-corrected chi connectivity index (χ2v) is 9.85. The van der Waals surface area contributed by atoms with Crippen LogP contribution in [-0.2, 0) is 16.5 Å². The summed E-state index contributed by atoms with van der Waals surface area (Å²) in [5, 5.41) is 13.9. The highest BCUT2D eigenvalue weighted by atomic mass is 19.4. The number of hydrogen-bond acceptors (Lipinski definition) is 8. The van der Waals surface area contributed by atoms with E-state index in [2.05, 4.69) is 25.3 Å². The number of aliphatic hydroxyl groups is 1. The van der Waals surface area contributed by atoms with E-state index in [-0.39, 0.29) is 24.5 Å². The highest BCUT2D eigenvalue weighted by Crippen LogP contribution is 2.34. The maximum atomic E-state index is 12.9. The molecule has 0 bridgehead atoms. The summed E-state index contributed by atoms with van der Waals surface area (Å²) >= 11 is 0. The minimum atomic E-state index is -4.60. The van der Waals surface area contributed by atoms with Crippen molar-refractivity contribution >= 4 is 12.0 Å². The quantitative estimate of drug-likeness (QED) is 0.638. The Labute approximate surface area is 202 Å². The number of nitrogens with zero attached hydrogens (tertiary/aromatic N) is 5. The van der Waals surface area contributed by atoms with E-state index in [1.165, 1.54) is 13.1 Å². The Bertz CT molecular complexity index is 1050. The summed E-state index contributed by atoms with van der Waals surface area (Å²) < 4.78 is 44.3. The molecule has 3 heterocycles. The zero-order valence-corrected chi connectivity index (χ0v) is 20.5. The van der Waals surface area contributed by atoms with Crippen LogP contribution in [-0.4, -0.2) is 61.3 Å². The van der Waals surface area contributed by atoms with E-state index in [1.807, 2.05) is 20.8 Å². The molecule has 2 aromatic rings. The van der Waals surface area contributed by atoms with E-state index in [1.54, 1.807) is 11.8 Å². The maximum Gasteiger partial charge on any atom is 0.433 e. The Morgan fingerprint density at radius 2 is 1.83 bits per heavy atom. The number of piperidine rings is 1. The van der Waals surface area contributed by atoms with Crippen LogP contribution in [0.5, 0.6) is 0 Å². The van der Waals surface area contributed by atoms with Gasteiger partial charge in [-0.3, -0.25) is 0 Å². The molecule has 192 valence electrons. The van der Waals surface area contributed by atoms with Crippen molar-refractivity contribution in [2.75, 3.05) is 25.0 Å². The van der Waals surface area contributed by atoms with Crippen molar-refractivity contribution in [2.45, 2.75) is 70.8 Å². The number of anilines is 1. The first-order valence-corrected chi connectivity index (χ1v) is 11.3. The van der Waals surface area contributed by atoms with Gasteiger partial charge in [-0.1, -0.05) is 0 Å². The highest BCUT2D eigenvalue weighted by molar-refractivity contribution is 5.68. The summed E-state index contributed by atoms with van der Waals surface area (Å²) in [6, 6.07) is 0.777. The number of carbonyl (C=O) groups excluding carboxylic acids is 1. The second kappa shape index (κ2) is 9.92. The lowest BCUT2D eigenvalue weighted by molar-refractivity contribution is -0.141. The van der Waals surface area contributed by atoms with Crippen LogP contribution in [0.25, 0.3) is 0 Å². The van der Waals surface area contributed by atoms with Gasteiger partial charge >= 0.3 is 12.3 Å². The zero-order valence-electron chi connectivity index (χ0n) is 20.5. The van der Waals surface area contributed by atoms with Crippen LogP contribution in [0.4, 0.5) is 23.9 Å². The summed E-state index contributed by atoms with van der Waals surface area (Å²) in [6.07, 6.45) is -1.20. The fourth-order valence-electron chi connectivity index (χ4n) is 3.82. The fourth-order valence-corrected chi connectivity index (χ4v) is 3.82. The lowest BCUT2D eigenvalue weighted by atomic mass is 9.85. The standard InChI is InChI=1S/C23H31F3N6O3/c1-14-28-12-16(22(5,34)13-29-19-27-9-6-17(31-19)23(24,25)26)18(30-14)15-7-10-32(11-8-15)20(33)35-21(2,3)4/h6,9,12,15,34H,7-8,10-11,13H2,1-5H3,(H,27,29,31). The Kier molecular flexibility index (Phi) is 7.53. The molecule has 35 heavy (non-hydrogen) atoms. The van der Waals surface area contributed by atoms with Gasteiger partial charge in [0.25, 0.3) is 0 Å². The number of halogens is 3. The van der Waals surface area contributed by atoms with E-state index in [4.69, 9.17) is 4.74 Å². The third-order valence-electron chi connectivity index (χ3n) is 5.59. The summed E-state index contributed by atoms with van der Waals surface area (Å²) in [5.74, 6) is 0.241. The minimum absolute atomic E-state index is 0.0401. The number of likely N-dealkylation sites (tertiary alicyclic amines) is 1. The van der Waals surface area contributed by atoms with E-state index < -0.39 is 23.1 Å². The molecular weight excluding hydrogens is 465 g/mol. The smallest absolute Gasteiger partial charge is 0.433 e. The van der Waals surface area contributed by atoms with Crippen molar-refractivity contribution < 1.29 is 27.8 Å². The summed E-state index contributed by atoms with van der Waals surface area (Å²) in [4.78, 5) is 30.1. The van der Waals surface area contributed by atoms with Gasteiger partial charge in [-0.25, -0.2) is 24.7 Å². The molecule has 0 aliphatic carbocycles. The van der Waals surface area contributed by atoms with Gasteiger partial charge in [0.05, 0.1) is 12.2 Å². The first-order valence-electron chi connectivity index (χ1n) is 11.3. The zero-order chi connectivity index (χ0) is 26.0. The Morgan fingerprint density at radius 1 is 1.17 bits per heavy atom. The van der Waals surface area contributed by atoms with Crippen molar-refractivity contribution in [3.05, 3.63) is 41.2 Å². The van der Waals surface area contributed by atoms with Crippen LogP contribution in [0.2, 0.25) is 0 Å². The minimum Gasteiger partial charge on any atom is -0.444 e. The number of ether oxygens (including phenoxy) is 1. The number of amides is 1. The number of carbonyl (C=O) groups is 1. The van der Waals surface area contributed by atoms with Gasteiger partial charge in [-0.15, -0.1) is 0 Å². The summed E-state index contributed by atoms with van der Waals surface area (Å²) in [6.45, 7) is 9.50. The van der Waals surface area contributed by atoms with Crippen molar-refractivity contribution in [3.8, 4) is 0 Å². The third-order valence-corrected chi connectivity index (χ3v) is 5.59. The lowest BCUT2D eigenvalue weighted by Gasteiger charge is -2.35. The summed E-state index contributed by atoms with van der Waals surface area (Å²) in [5.41, 5.74) is -2.08. The van der Waals surface area contributed by atoms with Crippen LogP contribution in [0.3, 0.4) is 0 Å². The Hall–Kier alpha value is -3.02. The van der Waals surface area contributed by atoms with Crippen molar-refractivity contribution in [2.24, 2.45) is 0 Å². The highest BCUT2D eigenvalue weighted by Gasteiger charge is 2.35. The molecule has 0 spiro atoms. The van der Waals surface area contributed by atoms with Gasteiger partial charge in [-0.05, 0) is 53.5 Å². The Morgan fingerprint density at radius 3 is 2.43 bits per heavy atom. The molecule has 12 heteroatoms. The second-order valence-electron chi connectivity index (χ2n) is 9.85. The predicted octanol–water partition coefficient (Wildman–Crippen LogP) is 4.03. The monoisotopic (exact) mass is 496 g/mol. The molecule has 1 unspecified atom stereocenters. The number of hydrogen-bond donors (Lipinski definition) is 2. The number of aryl methyl sites for hydroxylation is 1. The molecule has 1 fully saturated rings. The SMILES string of the molecule is Cc1ncc(C(C)(O)CNc2nccc(C(F)(F)F)n2)c(C2CCN(C(=O)OC(C)(C)C)CC2)n1. The van der Waals surface area contributed by atoms with Crippen LogP contribution in [0, 0.1) is 6.92 Å². The number of aromatic nitrogens is 4. The topological polar surface area (TPSA) is 113 Å². The van der Waals surface area contributed by atoms with Crippen LogP contribution in [0.1, 0.15) is 69.2 Å². The molecule has 9 nitrogen and oxygen atoms in total. The molecule has 1 amide bonds. The van der Waals surface area contributed by atoms with E-state index in [0.717, 1.165) is 12.3 Å². The largest absolute Gasteiger partial charge is 0.444 e. The maximum absolute atomic E-state index is 12.9. The summed E-state index contributed by atoms with van der Waals surface area (Å²) in [7, 11) is 0. The third kappa shape index (κ3) is 7.00. The molecule has 2 N–H and O–H groups in total. The average Bonchev–Trinajstić information content (AvgIpc) is 2.76. The molecule has 1 aliphatic heterocycles. The molecule has 0 radical (unpaired) electrons. The first kappa shape index (κ1) is 26.6. The van der Waals surface area contributed by atoms with Crippen LogP contribution >= 0.6 is 0 Å². The molecule has 0 aromatic carbocycles. The molecule has 3 rings (SSSR count). The average molecular weight is 497 g/mol. The normalized spacial score (nSPS) is 17.1. The van der Waals surface area contributed by atoms with Crippen molar-refractivity contribution in [1.29, 1.82) is 0 Å². The molecule has 1 saturated heterocycles. The molecule has 1 aliphatic rings. The molecule has 0 saturated carbocycles. The van der Waals surface area contributed by atoms with Crippen molar-refractivity contribution in [1.82, 2.24) is 24.8 Å². The van der Waals surface area contributed by atoms with Gasteiger partial charge in [0.15, 0.2) is 0 Å². The first-order chi connectivity index (χ1) is 16.2. The van der Waals surface area contributed by atoms with E-state index in [9.17, 15) is 23.1 Å².